The number of carbonyl (C=O) groups is 1. The normalized spacial score (nSPS) is 19.9. The van der Waals surface area contributed by atoms with Gasteiger partial charge >= 0.3 is 0 Å². The zero-order valence-electron chi connectivity index (χ0n) is 12.7. The molecule has 2 aromatic rings. The number of carbonyl (C=O) groups excluding carboxylic acids is 1. The van der Waals surface area contributed by atoms with Crippen molar-refractivity contribution in [2.75, 3.05) is 11.9 Å². The van der Waals surface area contributed by atoms with Crippen molar-refractivity contribution < 1.29 is 9.18 Å². The second-order valence-corrected chi connectivity index (χ2v) is 5.72. The number of aromatic nitrogens is 5. The highest BCUT2D eigenvalue weighted by Gasteiger charge is 2.30. The molecular formula is C14H18FN7O. The van der Waals surface area contributed by atoms with Gasteiger partial charge in [-0.1, -0.05) is 0 Å². The molecule has 122 valence electrons. The molecule has 0 radical (unpaired) electrons. The predicted octanol–water partition coefficient (Wildman–Crippen LogP) is 0.592. The predicted molar refractivity (Wildman–Crippen MR) is 80.0 cm³/mol. The Morgan fingerprint density at radius 2 is 2.13 bits per heavy atom. The van der Waals surface area contributed by atoms with Crippen LogP contribution in [0.1, 0.15) is 24.5 Å². The lowest BCUT2D eigenvalue weighted by Crippen LogP contribution is -2.46. The van der Waals surface area contributed by atoms with E-state index in [-0.39, 0.29) is 18.4 Å². The highest BCUT2D eigenvalue weighted by Crippen LogP contribution is 2.27. The number of halogens is 1. The quantitative estimate of drug-likeness (QED) is 0.719. The van der Waals surface area contributed by atoms with Crippen molar-refractivity contribution in [1.82, 2.24) is 30.5 Å². The van der Waals surface area contributed by atoms with Gasteiger partial charge in [0.15, 0.2) is 11.6 Å². The largest absolute Gasteiger partial charge is 0.354 e. The van der Waals surface area contributed by atoms with Crippen LogP contribution in [0.2, 0.25) is 0 Å². The van der Waals surface area contributed by atoms with Gasteiger partial charge in [0.05, 0.1) is 18.8 Å². The summed E-state index contributed by atoms with van der Waals surface area (Å²) in [6.07, 6.45) is 4.24. The van der Waals surface area contributed by atoms with Crippen molar-refractivity contribution in [1.29, 1.82) is 0 Å². The molecule has 3 rings (SSSR count). The standard InChI is InChI=1S/C14H18FN7O/c1-8-19-12(22-21-8)4-13(23)20-11-2-9(3-11)5-16-14-17-6-10(15)7-18-14/h6-7,9,11H,2-5H2,1H3,(H,20,23)(H,16,17,18)(H,19,21,22). The van der Waals surface area contributed by atoms with E-state index in [0.717, 1.165) is 25.2 Å². The molecule has 1 aliphatic rings. The van der Waals surface area contributed by atoms with Crippen LogP contribution < -0.4 is 10.6 Å². The number of H-pyrrole nitrogens is 1. The lowest BCUT2D eigenvalue weighted by atomic mass is 9.80. The van der Waals surface area contributed by atoms with Crippen molar-refractivity contribution in [2.24, 2.45) is 5.92 Å². The van der Waals surface area contributed by atoms with Gasteiger partial charge in [-0.05, 0) is 25.7 Å². The number of rotatable bonds is 6. The summed E-state index contributed by atoms with van der Waals surface area (Å²) in [6.45, 7) is 2.50. The Hall–Kier alpha value is -2.58. The average Bonchev–Trinajstić information content (AvgIpc) is 2.88. The first kappa shape index (κ1) is 15.3. The number of nitrogens with zero attached hydrogens (tertiary/aromatic N) is 4. The van der Waals surface area contributed by atoms with Crippen LogP contribution in [0.25, 0.3) is 0 Å². The maximum absolute atomic E-state index is 12.7. The number of nitrogens with one attached hydrogen (secondary N) is 3. The number of hydrogen-bond acceptors (Lipinski definition) is 6. The summed E-state index contributed by atoms with van der Waals surface area (Å²) >= 11 is 0. The van der Waals surface area contributed by atoms with Gasteiger partial charge in [-0.2, -0.15) is 5.10 Å². The summed E-state index contributed by atoms with van der Waals surface area (Å²) in [6, 6.07) is 0.184. The van der Waals surface area contributed by atoms with E-state index in [2.05, 4.69) is 35.8 Å². The zero-order chi connectivity index (χ0) is 16.2. The minimum Gasteiger partial charge on any atom is -0.354 e. The zero-order valence-corrected chi connectivity index (χ0v) is 12.7. The third-order valence-corrected chi connectivity index (χ3v) is 3.73. The Balaban J connectivity index is 1.34. The van der Waals surface area contributed by atoms with Crippen molar-refractivity contribution in [3.8, 4) is 0 Å². The van der Waals surface area contributed by atoms with E-state index >= 15 is 0 Å². The summed E-state index contributed by atoms with van der Waals surface area (Å²) in [7, 11) is 0. The maximum Gasteiger partial charge on any atom is 0.227 e. The van der Waals surface area contributed by atoms with E-state index in [1.165, 1.54) is 0 Å². The molecule has 0 unspecified atom stereocenters. The molecule has 0 saturated heterocycles. The maximum atomic E-state index is 12.7. The molecule has 1 aliphatic carbocycles. The second-order valence-electron chi connectivity index (χ2n) is 5.72. The molecule has 0 aromatic carbocycles. The van der Waals surface area contributed by atoms with Crippen LogP contribution in [-0.4, -0.2) is 43.6 Å². The van der Waals surface area contributed by atoms with E-state index in [9.17, 15) is 9.18 Å². The molecule has 1 fully saturated rings. The number of hydrogen-bond donors (Lipinski definition) is 3. The third kappa shape index (κ3) is 4.21. The highest BCUT2D eigenvalue weighted by atomic mass is 19.1. The fourth-order valence-corrected chi connectivity index (χ4v) is 2.55. The number of aryl methyl sites for hydroxylation is 1. The molecule has 3 N–H and O–H groups in total. The van der Waals surface area contributed by atoms with Gasteiger partial charge in [0.1, 0.15) is 5.82 Å². The van der Waals surface area contributed by atoms with E-state index in [4.69, 9.17) is 0 Å². The Morgan fingerprint density at radius 3 is 2.78 bits per heavy atom. The molecule has 2 aromatic heterocycles. The van der Waals surface area contributed by atoms with Gasteiger partial charge in [0.2, 0.25) is 11.9 Å². The monoisotopic (exact) mass is 319 g/mol. The van der Waals surface area contributed by atoms with Gasteiger partial charge in [0.25, 0.3) is 0 Å². The Labute approximate surface area is 132 Å². The first-order chi connectivity index (χ1) is 11.1. The van der Waals surface area contributed by atoms with E-state index in [0.29, 0.717) is 30.1 Å². The first-order valence-electron chi connectivity index (χ1n) is 7.47. The lowest BCUT2D eigenvalue weighted by Gasteiger charge is -2.35. The first-order valence-corrected chi connectivity index (χ1v) is 7.47. The smallest absolute Gasteiger partial charge is 0.227 e. The summed E-state index contributed by atoms with van der Waals surface area (Å²) in [4.78, 5) is 23.7. The summed E-state index contributed by atoms with van der Waals surface area (Å²) < 4.78 is 12.7. The van der Waals surface area contributed by atoms with E-state index in [1.54, 1.807) is 6.92 Å². The van der Waals surface area contributed by atoms with Crippen LogP contribution in [0.4, 0.5) is 10.3 Å². The fraction of sp³-hybridized carbons (Fsp3) is 0.500. The van der Waals surface area contributed by atoms with Crippen molar-refractivity contribution >= 4 is 11.9 Å². The molecule has 1 amide bonds. The molecule has 0 bridgehead atoms. The average molecular weight is 319 g/mol. The number of aromatic amines is 1. The molecule has 2 heterocycles. The summed E-state index contributed by atoms with van der Waals surface area (Å²) in [5.41, 5.74) is 0. The van der Waals surface area contributed by atoms with Crippen LogP contribution >= 0.6 is 0 Å². The number of amides is 1. The van der Waals surface area contributed by atoms with Crippen LogP contribution in [0.15, 0.2) is 12.4 Å². The number of anilines is 1. The molecule has 0 spiro atoms. The molecular weight excluding hydrogens is 301 g/mol. The molecule has 23 heavy (non-hydrogen) atoms. The molecule has 1 saturated carbocycles. The Morgan fingerprint density at radius 1 is 1.39 bits per heavy atom. The molecule has 8 nitrogen and oxygen atoms in total. The minimum atomic E-state index is -0.455. The van der Waals surface area contributed by atoms with Crippen LogP contribution in [0.3, 0.4) is 0 Å². The summed E-state index contributed by atoms with van der Waals surface area (Å²) in [5, 5.41) is 12.7. The van der Waals surface area contributed by atoms with Gasteiger partial charge in [-0.3, -0.25) is 9.89 Å². The minimum absolute atomic E-state index is 0.0673. The topological polar surface area (TPSA) is 108 Å². The molecule has 0 aliphatic heterocycles. The fourth-order valence-electron chi connectivity index (χ4n) is 2.55. The van der Waals surface area contributed by atoms with E-state index in [1.807, 2.05) is 0 Å². The Kier molecular flexibility index (Phi) is 4.45. The van der Waals surface area contributed by atoms with Crippen LogP contribution in [0.5, 0.6) is 0 Å². The lowest BCUT2D eigenvalue weighted by molar-refractivity contribution is -0.122. The SMILES string of the molecule is Cc1nc(CC(=O)NC2CC(CNc3ncc(F)cn3)C2)n[nH]1. The van der Waals surface area contributed by atoms with Crippen molar-refractivity contribution in [3.05, 3.63) is 29.9 Å². The molecule has 0 atom stereocenters. The summed E-state index contributed by atoms with van der Waals surface area (Å²) in [5.74, 6) is 1.54. The third-order valence-electron chi connectivity index (χ3n) is 3.73. The van der Waals surface area contributed by atoms with Gasteiger partial charge in [0, 0.05) is 12.6 Å². The Bertz CT molecular complexity index is 666. The van der Waals surface area contributed by atoms with Crippen molar-refractivity contribution in [2.45, 2.75) is 32.2 Å². The second kappa shape index (κ2) is 6.67. The molecule has 9 heteroatoms. The van der Waals surface area contributed by atoms with Crippen LogP contribution in [0, 0.1) is 18.7 Å². The van der Waals surface area contributed by atoms with Crippen LogP contribution in [-0.2, 0) is 11.2 Å². The van der Waals surface area contributed by atoms with Gasteiger partial charge in [-0.25, -0.2) is 19.3 Å². The van der Waals surface area contributed by atoms with E-state index < -0.39 is 5.82 Å². The van der Waals surface area contributed by atoms with Gasteiger partial charge < -0.3 is 10.6 Å². The highest BCUT2D eigenvalue weighted by molar-refractivity contribution is 5.78. The van der Waals surface area contributed by atoms with Gasteiger partial charge in [-0.15, -0.1) is 0 Å². The van der Waals surface area contributed by atoms with Crippen molar-refractivity contribution in [3.63, 3.8) is 0 Å².